The minimum Gasteiger partial charge on any atom is -0.308 e. The van der Waals surface area contributed by atoms with E-state index in [0.717, 1.165) is 47.7 Å². The largest absolute Gasteiger partial charge is 0.308 e. The predicted molar refractivity (Wildman–Crippen MR) is 69.8 cm³/mol. The van der Waals surface area contributed by atoms with Crippen molar-refractivity contribution in [3.8, 4) is 11.5 Å². The molecule has 0 aromatic carbocycles. The van der Waals surface area contributed by atoms with Crippen LogP contribution < -0.4 is 11.3 Å². The molecule has 0 fully saturated rings. The van der Waals surface area contributed by atoms with E-state index in [4.69, 9.17) is 5.84 Å². The fourth-order valence-electron chi connectivity index (χ4n) is 2.33. The molecule has 0 unspecified atom stereocenters. The zero-order valence-corrected chi connectivity index (χ0v) is 10.3. The van der Waals surface area contributed by atoms with E-state index in [1.165, 1.54) is 0 Å². The number of hydrogen-bond acceptors (Lipinski definition) is 5. The normalized spacial score (nSPS) is 13.4. The zero-order valence-electron chi connectivity index (χ0n) is 10.3. The summed E-state index contributed by atoms with van der Waals surface area (Å²) in [7, 11) is 0. The number of nitrogen functional groups attached to an aromatic ring is 1. The van der Waals surface area contributed by atoms with E-state index in [1.807, 2.05) is 25.1 Å². The molecule has 3 rings (SSSR count). The van der Waals surface area contributed by atoms with E-state index in [9.17, 15) is 0 Å². The van der Waals surface area contributed by atoms with Gasteiger partial charge in [0, 0.05) is 17.0 Å². The molecule has 0 atom stereocenters. The van der Waals surface area contributed by atoms with Crippen molar-refractivity contribution in [2.45, 2.75) is 26.2 Å². The van der Waals surface area contributed by atoms with Crippen molar-refractivity contribution in [2.24, 2.45) is 5.84 Å². The molecule has 5 heteroatoms. The molecule has 0 radical (unpaired) electrons. The molecule has 3 N–H and O–H groups in total. The number of anilines is 1. The Kier molecular flexibility index (Phi) is 2.68. The molecular formula is C13H15N5. The van der Waals surface area contributed by atoms with Gasteiger partial charge in [0.2, 0.25) is 0 Å². The molecule has 18 heavy (non-hydrogen) atoms. The summed E-state index contributed by atoms with van der Waals surface area (Å²) in [5.74, 6) is 6.92. The Morgan fingerprint density at radius 1 is 1.17 bits per heavy atom. The maximum absolute atomic E-state index is 5.54. The number of fused-ring (bicyclic) bond motifs is 1. The molecule has 5 nitrogen and oxygen atoms in total. The van der Waals surface area contributed by atoms with Crippen LogP contribution in [0.4, 0.5) is 5.82 Å². The number of hydrazine groups is 1. The summed E-state index contributed by atoms with van der Waals surface area (Å²) in [6.07, 6.45) is 3.10. The maximum atomic E-state index is 5.54. The molecule has 0 bridgehead atoms. The third kappa shape index (κ3) is 1.82. The highest BCUT2D eigenvalue weighted by Gasteiger charge is 2.19. The van der Waals surface area contributed by atoms with Crippen LogP contribution >= 0.6 is 0 Å². The van der Waals surface area contributed by atoms with Gasteiger partial charge in [0.15, 0.2) is 5.82 Å². The molecular weight excluding hydrogens is 226 g/mol. The first-order chi connectivity index (χ1) is 8.78. The summed E-state index contributed by atoms with van der Waals surface area (Å²) in [5, 5.41) is 0. The second kappa shape index (κ2) is 4.34. The van der Waals surface area contributed by atoms with Crippen LogP contribution in [0.2, 0.25) is 0 Å². The number of pyridine rings is 1. The van der Waals surface area contributed by atoms with Gasteiger partial charge in [-0.05, 0) is 38.3 Å². The molecule has 92 valence electrons. The fraction of sp³-hybridized carbons (Fsp3) is 0.308. The van der Waals surface area contributed by atoms with Crippen molar-refractivity contribution in [3.05, 3.63) is 35.2 Å². The third-order valence-corrected chi connectivity index (χ3v) is 3.19. The average molecular weight is 241 g/mol. The van der Waals surface area contributed by atoms with Gasteiger partial charge in [0.1, 0.15) is 11.5 Å². The Hall–Kier alpha value is -2.01. The summed E-state index contributed by atoms with van der Waals surface area (Å²) in [6, 6.07) is 5.84. The molecule has 2 heterocycles. The number of aryl methyl sites for hydroxylation is 2. The van der Waals surface area contributed by atoms with Crippen LogP contribution in [0.5, 0.6) is 0 Å². The second-order valence-corrected chi connectivity index (χ2v) is 4.48. The molecule has 0 amide bonds. The first-order valence-corrected chi connectivity index (χ1v) is 6.08. The van der Waals surface area contributed by atoms with Crippen LogP contribution in [0.25, 0.3) is 11.5 Å². The highest BCUT2D eigenvalue weighted by Crippen LogP contribution is 2.28. The van der Waals surface area contributed by atoms with E-state index < -0.39 is 0 Å². The minimum atomic E-state index is 0.646. The summed E-state index contributed by atoms with van der Waals surface area (Å²) in [4.78, 5) is 13.5. The lowest BCUT2D eigenvalue weighted by molar-refractivity contribution is 0.899. The van der Waals surface area contributed by atoms with E-state index in [2.05, 4.69) is 20.4 Å². The van der Waals surface area contributed by atoms with Crippen LogP contribution in [0.3, 0.4) is 0 Å². The summed E-state index contributed by atoms with van der Waals surface area (Å²) in [6.45, 7) is 1.96. The van der Waals surface area contributed by atoms with Gasteiger partial charge < -0.3 is 5.43 Å². The summed E-state index contributed by atoms with van der Waals surface area (Å²) in [5.41, 5.74) is 6.66. The molecule has 0 aliphatic heterocycles. The Balaban J connectivity index is 2.13. The number of nitrogens with one attached hydrogen (secondary N) is 1. The maximum Gasteiger partial charge on any atom is 0.180 e. The topological polar surface area (TPSA) is 76.7 Å². The lowest BCUT2D eigenvalue weighted by Gasteiger charge is -2.09. The number of rotatable bonds is 2. The van der Waals surface area contributed by atoms with Crippen LogP contribution in [-0.2, 0) is 12.8 Å². The fourth-order valence-corrected chi connectivity index (χ4v) is 2.33. The smallest absolute Gasteiger partial charge is 0.180 e. The van der Waals surface area contributed by atoms with Crippen LogP contribution in [0.15, 0.2) is 18.2 Å². The summed E-state index contributed by atoms with van der Waals surface area (Å²) < 4.78 is 0. The quantitative estimate of drug-likeness (QED) is 0.617. The lowest BCUT2D eigenvalue weighted by atomic mass is 10.2. The van der Waals surface area contributed by atoms with Crippen molar-refractivity contribution in [2.75, 3.05) is 5.43 Å². The second-order valence-electron chi connectivity index (χ2n) is 4.48. The molecule has 2 aromatic heterocycles. The highest BCUT2D eigenvalue weighted by molar-refractivity contribution is 5.57. The van der Waals surface area contributed by atoms with E-state index in [-0.39, 0.29) is 0 Å². The number of hydrogen-bond donors (Lipinski definition) is 2. The van der Waals surface area contributed by atoms with Crippen molar-refractivity contribution in [1.82, 2.24) is 15.0 Å². The first-order valence-electron chi connectivity index (χ1n) is 6.08. The predicted octanol–water partition coefficient (Wildman–Crippen LogP) is 1.62. The van der Waals surface area contributed by atoms with Crippen molar-refractivity contribution >= 4 is 5.82 Å². The van der Waals surface area contributed by atoms with Gasteiger partial charge in [-0.3, -0.25) is 0 Å². The Bertz CT molecular complexity index is 594. The van der Waals surface area contributed by atoms with Crippen LogP contribution in [0, 0.1) is 6.92 Å². The van der Waals surface area contributed by atoms with E-state index in [0.29, 0.717) is 5.82 Å². The molecule has 2 aromatic rings. The molecule has 0 saturated carbocycles. The van der Waals surface area contributed by atoms with Gasteiger partial charge in [-0.1, -0.05) is 6.07 Å². The minimum absolute atomic E-state index is 0.646. The SMILES string of the molecule is Cc1cccc(-c2nc3c(c(NN)n2)CCC3)n1. The molecule has 1 aliphatic rings. The van der Waals surface area contributed by atoms with Gasteiger partial charge in [-0.2, -0.15) is 0 Å². The Morgan fingerprint density at radius 2 is 2.06 bits per heavy atom. The van der Waals surface area contributed by atoms with E-state index in [1.54, 1.807) is 0 Å². The molecule has 0 saturated heterocycles. The standard InChI is InChI=1S/C13H15N5/c1-8-4-2-7-11(15-8)13-16-10-6-3-5-9(10)12(17-13)18-14/h2,4,7H,3,5-6,14H2,1H3,(H,16,17,18). The average Bonchev–Trinajstić information content (AvgIpc) is 2.85. The zero-order chi connectivity index (χ0) is 12.5. The number of aromatic nitrogens is 3. The van der Waals surface area contributed by atoms with Crippen LogP contribution in [-0.4, -0.2) is 15.0 Å². The van der Waals surface area contributed by atoms with Crippen molar-refractivity contribution < 1.29 is 0 Å². The number of nitrogens with two attached hydrogens (primary N) is 1. The molecule has 0 spiro atoms. The van der Waals surface area contributed by atoms with Crippen LogP contribution in [0.1, 0.15) is 23.4 Å². The Morgan fingerprint density at radius 3 is 2.83 bits per heavy atom. The van der Waals surface area contributed by atoms with Gasteiger partial charge in [-0.15, -0.1) is 0 Å². The number of nitrogens with zero attached hydrogens (tertiary/aromatic N) is 3. The van der Waals surface area contributed by atoms with Gasteiger partial charge in [-0.25, -0.2) is 20.8 Å². The Labute approximate surface area is 105 Å². The van der Waals surface area contributed by atoms with Gasteiger partial charge in [0.25, 0.3) is 0 Å². The van der Waals surface area contributed by atoms with E-state index >= 15 is 0 Å². The first kappa shape index (κ1) is 11.1. The van der Waals surface area contributed by atoms with Crippen molar-refractivity contribution in [3.63, 3.8) is 0 Å². The monoisotopic (exact) mass is 241 g/mol. The summed E-state index contributed by atoms with van der Waals surface area (Å²) >= 11 is 0. The molecule has 1 aliphatic carbocycles. The van der Waals surface area contributed by atoms with Crippen molar-refractivity contribution in [1.29, 1.82) is 0 Å². The van der Waals surface area contributed by atoms with Gasteiger partial charge >= 0.3 is 0 Å². The lowest BCUT2D eigenvalue weighted by Crippen LogP contribution is -2.13. The van der Waals surface area contributed by atoms with Gasteiger partial charge in [0.05, 0.1) is 0 Å². The highest BCUT2D eigenvalue weighted by atomic mass is 15.3. The third-order valence-electron chi connectivity index (χ3n) is 3.19.